The summed E-state index contributed by atoms with van der Waals surface area (Å²) >= 11 is 0. The topological polar surface area (TPSA) is 222 Å². The van der Waals surface area contributed by atoms with Crippen molar-refractivity contribution in [3.8, 4) is 0 Å². The number of sulfonamides is 4. The average Bonchev–Trinajstić information content (AvgIpc) is 2.55. The summed E-state index contributed by atoms with van der Waals surface area (Å²) in [4.78, 5) is 0. The Morgan fingerprint density at radius 3 is 1.45 bits per heavy atom. The van der Waals surface area contributed by atoms with Gasteiger partial charge in [0.05, 0.1) is 61.3 Å². The molecule has 226 valence electrons. The third kappa shape index (κ3) is 29.7. The van der Waals surface area contributed by atoms with E-state index in [0.717, 1.165) is 11.0 Å². The number of alkyl halides is 3. The number of hydrogen-bond donors (Lipinski definition) is 0. The normalized spacial score (nSPS) is 16.4. The summed E-state index contributed by atoms with van der Waals surface area (Å²) in [6.07, 6.45) is 1.01. The Bertz CT molecular complexity index is 1390. The molecular weight excluding hydrogens is 657 g/mol. The van der Waals surface area contributed by atoms with Gasteiger partial charge in [0.25, 0.3) is 0 Å². The van der Waals surface area contributed by atoms with Crippen molar-refractivity contribution in [2.45, 2.75) is 18.5 Å². The Hall–Kier alpha value is 0.197. The first kappa shape index (κ1) is 47.1. The smallest absolute Gasteiger partial charge is 0.748 e. The fourth-order valence-corrected chi connectivity index (χ4v) is 6.97. The summed E-state index contributed by atoms with van der Waals surface area (Å²) in [5.74, 6) is -0.293. The Balaban J connectivity index is -0.000000220. The van der Waals surface area contributed by atoms with E-state index in [0.29, 0.717) is 6.26 Å². The molecule has 0 spiro atoms. The van der Waals surface area contributed by atoms with Crippen LogP contribution in [0.15, 0.2) is 30.3 Å². The summed E-state index contributed by atoms with van der Waals surface area (Å²) in [5, 5.41) is 0. The molecule has 1 fully saturated rings. The van der Waals surface area contributed by atoms with Crippen molar-refractivity contribution >= 4 is 50.2 Å². The molecule has 1 aliphatic heterocycles. The van der Waals surface area contributed by atoms with Crippen LogP contribution in [0.3, 0.4) is 0 Å². The van der Waals surface area contributed by atoms with Gasteiger partial charge in [-0.2, -0.15) is 13.2 Å². The predicted molar refractivity (Wildman–Crippen MR) is 133 cm³/mol. The van der Waals surface area contributed by atoms with Crippen molar-refractivity contribution in [1.82, 2.24) is 0 Å². The average molecular weight is 686 g/mol. The molecule has 1 saturated heterocycles. The van der Waals surface area contributed by atoms with Gasteiger partial charge >= 0.3 is 53.9 Å². The van der Waals surface area contributed by atoms with E-state index in [9.17, 15) is 46.8 Å². The molecule has 0 saturated carbocycles. The maximum Gasteiger partial charge on any atom is 1.00 e. The minimum absolute atomic E-state index is 0. The van der Waals surface area contributed by atoms with Crippen molar-refractivity contribution < 1.29 is 113 Å². The summed E-state index contributed by atoms with van der Waals surface area (Å²) in [6.45, 7) is 1.10. The van der Waals surface area contributed by atoms with Crippen LogP contribution >= 0.6 is 0 Å². The van der Waals surface area contributed by atoms with Crippen molar-refractivity contribution in [1.29, 1.82) is 0 Å². The molecule has 24 heteroatoms. The zero-order chi connectivity index (χ0) is 30.9. The van der Waals surface area contributed by atoms with Crippen LogP contribution in [-0.2, 0) is 56.8 Å². The van der Waals surface area contributed by atoms with Crippen LogP contribution in [-0.4, -0.2) is 102 Å². The van der Waals surface area contributed by atoms with Gasteiger partial charge in [-0.3, -0.25) is 0 Å². The molecule has 1 aromatic carbocycles. The summed E-state index contributed by atoms with van der Waals surface area (Å²) in [6, 6.07) is 10.6. The van der Waals surface area contributed by atoms with Gasteiger partial charge in [-0.05, 0) is 6.42 Å². The van der Waals surface area contributed by atoms with E-state index in [4.69, 9.17) is 13.0 Å². The molecule has 1 aliphatic rings. The van der Waals surface area contributed by atoms with Crippen molar-refractivity contribution in [3.63, 3.8) is 0 Å². The number of quaternary nitrogens is 1. The van der Waals surface area contributed by atoms with Crippen LogP contribution in [0.2, 0.25) is 0 Å². The number of rotatable bonds is 4. The molecule has 0 unspecified atom stereocenters. The van der Waals surface area contributed by atoms with Gasteiger partial charge in [-0.1, -0.05) is 30.3 Å². The Kier molecular flexibility index (Phi) is 21.3. The molecule has 1 heterocycles. The number of halogens is 3. The fourth-order valence-electron chi connectivity index (χ4n) is 2.02. The maximum absolute atomic E-state index is 11.4. The van der Waals surface area contributed by atoms with E-state index in [1.54, 1.807) is 4.13 Å². The molecular formula is C16H28F3LiN3NaO11S5. The first-order valence-electron chi connectivity index (χ1n) is 9.65. The molecule has 0 radical (unpaired) electrons. The molecule has 14 nitrogen and oxygen atoms in total. The third-order valence-electron chi connectivity index (χ3n) is 3.06. The van der Waals surface area contributed by atoms with Gasteiger partial charge in [-0.15, -0.1) is 0 Å². The first-order valence-corrected chi connectivity index (χ1v) is 18.0. The van der Waals surface area contributed by atoms with Gasteiger partial charge in [-0.25, -0.2) is 42.1 Å². The van der Waals surface area contributed by atoms with Gasteiger partial charge in [0, 0.05) is 29.6 Å². The molecule has 2 rings (SSSR count). The SMILES string of the molecule is CS(=O)(=O)[N-]S(=O)(=O)C(F)(F)F.CS(=O)(=O)[O-].C[N+](C)(C)Cc1ccccc1.O=S1(=O)CCCS(=O)(=O)[N-]1.[Li+].[Na+]. The predicted octanol–water partition coefficient (Wildman–Crippen LogP) is -5.35. The second-order valence-corrected chi connectivity index (χ2v) is 17.0. The number of nitrogens with zero attached hydrogens (tertiary/aromatic N) is 3. The van der Waals surface area contributed by atoms with Crippen LogP contribution in [0.1, 0.15) is 12.0 Å². The molecule has 40 heavy (non-hydrogen) atoms. The maximum atomic E-state index is 11.4. The van der Waals surface area contributed by atoms with Crippen molar-refractivity contribution in [3.05, 3.63) is 44.2 Å². The van der Waals surface area contributed by atoms with Crippen LogP contribution in [0.4, 0.5) is 13.2 Å². The molecule has 0 bridgehead atoms. The van der Waals surface area contributed by atoms with Gasteiger partial charge in [0.1, 0.15) is 6.54 Å². The standard InChI is InChI=1S/C10H16N.C3H6NO4S2.C2H3F3NO4S2.CH4O3S.Li.Na/c1-11(2,3)9-10-7-5-4-6-8-10;5-9(6)2-1-3-10(7,8)4-9;1-11(7,8)6-12(9,10)2(3,4)5;1-5(2,3)4;;/h4-8H,9H2,1-3H3;1-3H2;1H3;1H3,(H,2,3,4);;/q+1;2*-1;;2*+1/p-1. The zero-order valence-electron chi connectivity index (χ0n) is 22.7. The van der Waals surface area contributed by atoms with E-state index in [1.807, 2.05) is 0 Å². The van der Waals surface area contributed by atoms with E-state index in [2.05, 4.69) is 55.6 Å². The Morgan fingerprint density at radius 2 is 1.25 bits per heavy atom. The summed E-state index contributed by atoms with van der Waals surface area (Å²) < 4.78 is 149. The van der Waals surface area contributed by atoms with E-state index >= 15 is 0 Å². The Morgan fingerprint density at radius 1 is 0.900 bits per heavy atom. The summed E-state index contributed by atoms with van der Waals surface area (Å²) in [7, 11) is -15.1. The zero-order valence-corrected chi connectivity index (χ0v) is 28.8. The third-order valence-corrected chi connectivity index (χ3v) is 8.94. The second kappa shape index (κ2) is 18.1. The van der Waals surface area contributed by atoms with Gasteiger partial charge in [0.15, 0.2) is 10.0 Å². The Labute approximate surface area is 268 Å². The first-order chi connectivity index (χ1) is 16.4. The minimum atomic E-state index is -5.92. The fraction of sp³-hybridized carbons (Fsp3) is 0.625. The van der Waals surface area contributed by atoms with Crippen LogP contribution in [0.5, 0.6) is 0 Å². The quantitative estimate of drug-likeness (QED) is 0.165. The van der Waals surface area contributed by atoms with E-state index in [1.165, 1.54) is 5.56 Å². The van der Waals surface area contributed by atoms with E-state index < -0.39 is 55.7 Å². The summed E-state index contributed by atoms with van der Waals surface area (Å²) in [5.41, 5.74) is -4.27. The number of hydrogen-bond acceptors (Lipinski definition) is 11. The molecule has 0 amide bonds. The van der Waals surface area contributed by atoms with E-state index in [-0.39, 0.29) is 72.6 Å². The second-order valence-electron chi connectivity index (χ2n) is 8.37. The minimum Gasteiger partial charge on any atom is -0.748 e. The van der Waals surface area contributed by atoms with Crippen LogP contribution in [0, 0.1) is 0 Å². The monoisotopic (exact) mass is 685 g/mol. The van der Waals surface area contributed by atoms with Gasteiger partial charge < -0.3 is 17.3 Å². The molecule has 1 aromatic rings. The van der Waals surface area contributed by atoms with Crippen molar-refractivity contribution in [2.75, 3.05) is 45.2 Å². The largest absolute Gasteiger partial charge is 1.00 e. The molecule has 0 atom stereocenters. The number of benzene rings is 1. The van der Waals surface area contributed by atoms with Crippen LogP contribution in [0.25, 0.3) is 8.25 Å². The van der Waals surface area contributed by atoms with Crippen LogP contribution < -0.4 is 48.4 Å². The molecule has 0 aliphatic carbocycles. The van der Waals surface area contributed by atoms with Crippen molar-refractivity contribution in [2.24, 2.45) is 0 Å². The van der Waals surface area contributed by atoms with Gasteiger partial charge in [0.2, 0.25) is 0 Å². The molecule has 0 aromatic heterocycles. The molecule has 0 N–H and O–H groups in total.